The molecule has 0 N–H and O–H groups in total. The van der Waals surface area contributed by atoms with Gasteiger partial charge in [0.25, 0.3) is 0 Å². The van der Waals surface area contributed by atoms with Gasteiger partial charge in [-0.3, -0.25) is 4.79 Å². The summed E-state index contributed by atoms with van der Waals surface area (Å²) in [5.41, 5.74) is 1.06. The Morgan fingerprint density at radius 2 is 2.06 bits per heavy atom. The van der Waals surface area contributed by atoms with Crippen LogP contribution in [0, 0.1) is 0 Å². The number of benzene rings is 1. The zero-order chi connectivity index (χ0) is 12.4. The van der Waals surface area contributed by atoms with Crippen molar-refractivity contribution in [3.8, 4) is 0 Å². The van der Waals surface area contributed by atoms with Gasteiger partial charge >= 0.3 is 0 Å². The van der Waals surface area contributed by atoms with E-state index in [1.54, 1.807) is 34.4 Å². The molecule has 5 heteroatoms. The second kappa shape index (κ2) is 5.22. The highest BCUT2D eigenvalue weighted by atomic mass is 32.2. The van der Waals surface area contributed by atoms with Gasteiger partial charge in [-0.2, -0.15) is 0 Å². The van der Waals surface area contributed by atoms with Gasteiger partial charge < -0.3 is 0 Å². The summed E-state index contributed by atoms with van der Waals surface area (Å²) in [5.74, 6) is 0.873. The molecule has 18 heavy (non-hydrogen) atoms. The third-order valence-electron chi connectivity index (χ3n) is 2.41. The average molecular weight is 291 g/mol. The van der Waals surface area contributed by atoms with Crippen LogP contribution in [0.5, 0.6) is 0 Å². The SMILES string of the molecule is O=Cc1ccc(CSc2nc3ccccc3s2)s1. The molecule has 3 aromatic rings. The molecule has 0 bridgehead atoms. The number of thiophene rings is 1. The highest BCUT2D eigenvalue weighted by molar-refractivity contribution is 8.00. The first-order valence-corrected chi connectivity index (χ1v) is 7.99. The first-order chi connectivity index (χ1) is 8.85. The Morgan fingerprint density at radius 1 is 1.17 bits per heavy atom. The summed E-state index contributed by atoms with van der Waals surface area (Å²) in [5, 5.41) is 0. The molecule has 0 aliphatic heterocycles. The van der Waals surface area contributed by atoms with E-state index in [4.69, 9.17) is 0 Å². The van der Waals surface area contributed by atoms with Crippen molar-refractivity contribution < 1.29 is 4.79 Å². The molecule has 2 heterocycles. The molecule has 0 unspecified atom stereocenters. The normalized spacial score (nSPS) is 10.9. The van der Waals surface area contributed by atoms with E-state index in [1.807, 2.05) is 30.3 Å². The van der Waals surface area contributed by atoms with Gasteiger partial charge in [0, 0.05) is 10.6 Å². The number of thiazole rings is 1. The fourth-order valence-electron chi connectivity index (χ4n) is 1.58. The molecule has 0 radical (unpaired) electrons. The highest BCUT2D eigenvalue weighted by Crippen LogP contribution is 2.32. The standard InChI is InChI=1S/C13H9NOS3/c15-7-9-5-6-10(17-9)8-16-13-14-11-3-1-2-4-12(11)18-13/h1-7H,8H2. The number of aldehydes is 1. The second-order valence-corrected chi connectivity index (χ2v) is 7.11. The summed E-state index contributed by atoms with van der Waals surface area (Å²) < 4.78 is 2.30. The van der Waals surface area contributed by atoms with Crippen molar-refractivity contribution in [2.24, 2.45) is 0 Å². The number of thioether (sulfide) groups is 1. The quantitative estimate of drug-likeness (QED) is 0.525. The zero-order valence-electron chi connectivity index (χ0n) is 9.33. The number of aromatic nitrogens is 1. The maximum absolute atomic E-state index is 10.6. The minimum Gasteiger partial charge on any atom is -0.297 e. The largest absolute Gasteiger partial charge is 0.297 e. The summed E-state index contributed by atoms with van der Waals surface area (Å²) >= 11 is 4.99. The van der Waals surface area contributed by atoms with E-state index in [-0.39, 0.29) is 0 Å². The van der Waals surface area contributed by atoms with E-state index in [0.717, 1.165) is 26.8 Å². The summed E-state index contributed by atoms with van der Waals surface area (Å²) in [7, 11) is 0. The highest BCUT2D eigenvalue weighted by Gasteiger charge is 2.05. The van der Waals surface area contributed by atoms with Crippen LogP contribution >= 0.6 is 34.4 Å². The maximum Gasteiger partial charge on any atom is 0.160 e. The van der Waals surface area contributed by atoms with Crippen molar-refractivity contribution >= 4 is 50.9 Å². The van der Waals surface area contributed by atoms with Gasteiger partial charge in [0.15, 0.2) is 10.6 Å². The molecule has 0 saturated heterocycles. The van der Waals surface area contributed by atoms with Gasteiger partial charge in [-0.15, -0.1) is 22.7 Å². The van der Waals surface area contributed by atoms with Gasteiger partial charge in [-0.1, -0.05) is 23.9 Å². The van der Waals surface area contributed by atoms with Gasteiger partial charge in [0.2, 0.25) is 0 Å². The summed E-state index contributed by atoms with van der Waals surface area (Å²) in [6.45, 7) is 0. The second-order valence-electron chi connectivity index (χ2n) is 3.66. The van der Waals surface area contributed by atoms with Crippen molar-refractivity contribution in [2.45, 2.75) is 10.1 Å². The van der Waals surface area contributed by atoms with Gasteiger partial charge in [0.1, 0.15) is 0 Å². The van der Waals surface area contributed by atoms with E-state index in [1.165, 1.54) is 9.58 Å². The zero-order valence-corrected chi connectivity index (χ0v) is 11.8. The molecule has 1 aromatic carbocycles. The van der Waals surface area contributed by atoms with Gasteiger partial charge in [-0.05, 0) is 24.3 Å². The van der Waals surface area contributed by atoms with Crippen LogP contribution in [-0.4, -0.2) is 11.3 Å². The predicted molar refractivity (Wildman–Crippen MR) is 78.9 cm³/mol. The van der Waals surface area contributed by atoms with E-state index in [2.05, 4.69) is 11.1 Å². The number of rotatable bonds is 4. The Kier molecular flexibility index (Phi) is 3.45. The van der Waals surface area contributed by atoms with Crippen molar-refractivity contribution in [2.75, 3.05) is 0 Å². The monoisotopic (exact) mass is 291 g/mol. The van der Waals surface area contributed by atoms with Crippen LogP contribution in [0.25, 0.3) is 10.2 Å². The van der Waals surface area contributed by atoms with Crippen LogP contribution in [-0.2, 0) is 5.75 Å². The average Bonchev–Trinajstić information content (AvgIpc) is 3.02. The lowest BCUT2D eigenvalue weighted by atomic mass is 10.3. The first kappa shape index (κ1) is 11.9. The molecule has 90 valence electrons. The van der Waals surface area contributed by atoms with Crippen molar-refractivity contribution in [1.29, 1.82) is 0 Å². The molecule has 0 atom stereocenters. The summed E-state index contributed by atoms with van der Waals surface area (Å²) in [6, 6.07) is 12.0. The van der Waals surface area contributed by atoms with Crippen LogP contribution in [0.2, 0.25) is 0 Å². The van der Waals surface area contributed by atoms with Crippen LogP contribution in [0.4, 0.5) is 0 Å². The van der Waals surface area contributed by atoms with E-state index in [9.17, 15) is 4.79 Å². The van der Waals surface area contributed by atoms with Crippen molar-refractivity contribution in [3.63, 3.8) is 0 Å². The van der Waals surface area contributed by atoms with Crippen LogP contribution in [0.3, 0.4) is 0 Å². The number of carbonyl (C=O) groups is 1. The molecule has 3 rings (SSSR count). The molecule has 0 aliphatic carbocycles. The third-order valence-corrected chi connectivity index (χ3v) is 5.83. The molecular weight excluding hydrogens is 282 g/mol. The smallest absolute Gasteiger partial charge is 0.160 e. The molecule has 0 amide bonds. The number of fused-ring (bicyclic) bond motifs is 1. The molecule has 0 spiro atoms. The van der Waals surface area contributed by atoms with E-state index >= 15 is 0 Å². The van der Waals surface area contributed by atoms with E-state index < -0.39 is 0 Å². The molecule has 2 nitrogen and oxygen atoms in total. The lowest BCUT2D eigenvalue weighted by molar-refractivity contribution is 0.112. The van der Waals surface area contributed by atoms with Crippen molar-refractivity contribution in [3.05, 3.63) is 46.2 Å². The lowest BCUT2D eigenvalue weighted by Gasteiger charge is -1.92. The van der Waals surface area contributed by atoms with Crippen LogP contribution < -0.4 is 0 Å². The van der Waals surface area contributed by atoms with Gasteiger partial charge in [-0.25, -0.2) is 4.98 Å². The molecule has 2 aromatic heterocycles. The Balaban J connectivity index is 1.74. The Labute approximate surface area is 117 Å². The summed E-state index contributed by atoms with van der Waals surface area (Å²) in [6.07, 6.45) is 0.899. The maximum atomic E-state index is 10.6. The number of carbonyl (C=O) groups excluding carboxylic acids is 1. The molecule has 0 saturated carbocycles. The number of nitrogens with zero attached hydrogens (tertiary/aromatic N) is 1. The number of para-hydroxylation sites is 1. The van der Waals surface area contributed by atoms with E-state index in [0.29, 0.717) is 0 Å². The predicted octanol–water partition coefficient (Wildman–Crippen LogP) is 4.46. The Hall–Kier alpha value is -1.17. The lowest BCUT2D eigenvalue weighted by Crippen LogP contribution is -1.72. The van der Waals surface area contributed by atoms with Gasteiger partial charge in [0.05, 0.1) is 15.1 Å². The summed E-state index contributed by atoms with van der Waals surface area (Å²) in [4.78, 5) is 17.2. The Bertz CT molecular complexity index is 653. The molecular formula is C13H9NOS3. The number of hydrogen-bond donors (Lipinski definition) is 0. The fraction of sp³-hybridized carbons (Fsp3) is 0.0769. The number of hydrogen-bond acceptors (Lipinski definition) is 5. The van der Waals surface area contributed by atoms with Crippen molar-refractivity contribution in [1.82, 2.24) is 4.98 Å². The first-order valence-electron chi connectivity index (χ1n) is 5.37. The Morgan fingerprint density at radius 3 is 2.83 bits per heavy atom. The topological polar surface area (TPSA) is 30.0 Å². The molecule has 0 fully saturated rings. The molecule has 0 aliphatic rings. The minimum atomic E-state index is 0.787. The minimum absolute atomic E-state index is 0.787. The fourth-order valence-corrected chi connectivity index (χ4v) is 4.52. The van der Waals surface area contributed by atoms with Crippen LogP contribution in [0.1, 0.15) is 14.5 Å². The third kappa shape index (κ3) is 2.48. The van der Waals surface area contributed by atoms with Crippen LogP contribution in [0.15, 0.2) is 40.7 Å².